The van der Waals surface area contributed by atoms with Crippen LogP contribution in [0.4, 0.5) is 11.8 Å². The minimum Gasteiger partial charge on any atom is -0.423 e. The summed E-state index contributed by atoms with van der Waals surface area (Å²) in [4.78, 5) is 5.37. The lowest BCUT2D eigenvalue weighted by atomic mass is 10.5. The van der Waals surface area contributed by atoms with Crippen molar-refractivity contribution in [1.29, 1.82) is 0 Å². The van der Waals surface area contributed by atoms with E-state index in [0.29, 0.717) is 4.73 Å². The number of hydrogen-bond acceptors (Lipinski definition) is 6. The van der Waals surface area contributed by atoms with Gasteiger partial charge in [0.15, 0.2) is 5.82 Å². The Kier molecular flexibility index (Phi) is 3.55. The smallest absolute Gasteiger partial charge is 0.241 e. The molecule has 0 amide bonds. The van der Waals surface area contributed by atoms with Crippen molar-refractivity contribution >= 4 is 11.8 Å². The molecule has 0 aliphatic rings. The summed E-state index contributed by atoms with van der Waals surface area (Å²) in [5.74, 6) is 0.325. The van der Waals surface area contributed by atoms with Crippen molar-refractivity contribution in [3.8, 4) is 0 Å². The molecule has 0 aliphatic heterocycles. The molecular formula is C7H14N4O3. The molecule has 1 aromatic rings. The number of aliphatic hydroxyl groups excluding tert-OH is 2. The maximum atomic E-state index is 9.39. The highest BCUT2D eigenvalue weighted by Crippen LogP contribution is 2.13. The predicted octanol–water partition coefficient (Wildman–Crippen LogP) is -1.51. The van der Waals surface area contributed by atoms with Gasteiger partial charge in [-0.3, -0.25) is 0 Å². The van der Waals surface area contributed by atoms with E-state index in [1.165, 1.54) is 11.1 Å². The van der Waals surface area contributed by atoms with Crippen LogP contribution >= 0.6 is 0 Å². The van der Waals surface area contributed by atoms with Crippen LogP contribution in [-0.2, 0) is 0 Å². The lowest BCUT2D eigenvalue weighted by molar-refractivity contribution is 0.191. The first kappa shape index (κ1) is 10.6. The second kappa shape index (κ2) is 4.68. The SMILES string of the molecule is Nc1cnc(N(CCO)CCO)n1O. The van der Waals surface area contributed by atoms with Crippen LogP contribution in [0.25, 0.3) is 0 Å². The van der Waals surface area contributed by atoms with Crippen LogP contribution in [0.1, 0.15) is 0 Å². The first-order chi connectivity index (χ1) is 6.70. The summed E-state index contributed by atoms with van der Waals surface area (Å²) >= 11 is 0. The monoisotopic (exact) mass is 202 g/mol. The lowest BCUT2D eigenvalue weighted by Crippen LogP contribution is -2.32. The van der Waals surface area contributed by atoms with Gasteiger partial charge in [0.05, 0.1) is 19.4 Å². The third kappa shape index (κ3) is 2.06. The number of rotatable bonds is 5. The number of aliphatic hydroxyl groups is 2. The summed E-state index contributed by atoms with van der Waals surface area (Å²) < 4.78 is 0.714. The topological polar surface area (TPSA) is 108 Å². The number of anilines is 2. The molecule has 0 spiro atoms. The summed E-state index contributed by atoms with van der Waals surface area (Å²) in [6.45, 7) is 0.370. The van der Waals surface area contributed by atoms with Gasteiger partial charge in [-0.25, -0.2) is 4.98 Å². The average molecular weight is 202 g/mol. The van der Waals surface area contributed by atoms with E-state index in [1.54, 1.807) is 0 Å². The minimum atomic E-state index is -0.0905. The van der Waals surface area contributed by atoms with Crippen molar-refractivity contribution in [2.45, 2.75) is 0 Å². The Morgan fingerprint density at radius 3 is 2.29 bits per heavy atom. The molecule has 1 rings (SSSR count). The molecule has 1 aromatic heterocycles. The molecule has 0 atom stereocenters. The van der Waals surface area contributed by atoms with Gasteiger partial charge in [0.1, 0.15) is 0 Å². The molecule has 80 valence electrons. The Hall–Kier alpha value is -1.47. The fraction of sp³-hybridized carbons (Fsp3) is 0.571. The summed E-state index contributed by atoms with van der Waals surface area (Å²) in [7, 11) is 0. The fourth-order valence-corrected chi connectivity index (χ4v) is 1.12. The molecule has 0 unspecified atom stereocenters. The number of imidazole rings is 1. The third-order valence-electron chi connectivity index (χ3n) is 1.77. The van der Waals surface area contributed by atoms with Gasteiger partial charge in [-0.2, -0.15) is 0 Å². The standard InChI is InChI=1S/C7H14N4O3/c8-6-5-9-7(11(6)14)10(1-3-12)2-4-13/h5,12-14H,1-4,8H2. The van der Waals surface area contributed by atoms with Gasteiger partial charge in [-0.15, -0.1) is 4.73 Å². The van der Waals surface area contributed by atoms with Crippen molar-refractivity contribution in [2.75, 3.05) is 36.9 Å². The summed E-state index contributed by atoms with van der Waals surface area (Å²) in [5.41, 5.74) is 5.37. The zero-order valence-electron chi connectivity index (χ0n) is 7.67. The normalized spacial score (nSPS) is 10.4. The maximum absolute atomic E-state index is 9.39. The molecule has 0 saturated carbocycles. The number of nitrogen functional groups attached to an aromatic ring is 1. The molecule has 7 heteroatoms. The van der Waals surface area contributed by atoms with E-state index in [0.717, 1.165) is 0 Å². The first-order valence-corrected chi connectivity index (χ1v) is 4.19. The fourth-order valence-electron chi connectivity index (χ4n) is 1.12. The molecule has 0 aliphatic carbocycles. The Balaban J connectivity index is 2.81. The number of nitrogens with two attached hydrogens (primary N) is 1. The van der Waals surface area contributed by atoms with E-state index in [1.807, 2.05) is 0 Å². The van der Waals surface area contributed by atoms with Crippen molar-refractivity contribution in [1.82, 2.24) is 9.71 Å². The van der Waals surface area contributed by atoms with E-state index in [-0.39, 0.29) is 38.1 Å². The van der Waals surface area contributed by atoms with Gasteiger partial charge in [-0.1, -0.05) is 0 Å². The Bertz CT molecular complexity index is 282. The van der Waals surface area contributed by atoms with E-state index in [4.69, 9.17) is 15.9 Å². The van der Waals surface area contributed by atoms with Gasteiger partial charge in [0.2, 0.25) is 5.95 Å². The highest BCUT2D eigenvalue weighted by atomic mass is 16.5. The highest BCUT2D eigenvalue weighted by molar-refractivity contribution is 5.40. The van der Waals surface area contributed by atoms with Gasteiger partial charge in [0, 0.05) is 13.1 Å². The molecule has 0 bridgehead atoms. The van der Waals surface area contributed by atoms with Crippen LogP contribution in [0.5, 0.6) is 0 Å². The molecule has 0 fully saturated rings. The third-order valence-corrected chi connectivity index (χ3v) is 1.77. The summed E-state index contributed by atoms with van der Waals surface area (Å²) in [6, 6.07) is 0. The van der Waals surface area contributed by atoms with Crippen LogP contribution < -0.4 is 10.6 Å². The average Bonchev–Trinajstić information content (AvgIpc) is 2.48. The number of hydrogen-bond donors (Lipinski definition) is 4. The van der Waals surface area contributed by atoms with Crippen LogP contribution in [0, 0.1) is 0 Å². The van der Waals surface area contributed by atoms with E-state index in [2.05, 4.69) is 4.98 Å². The summed E-state index contributed by atoms with van der Waals surface area (Å²) in [6.07, 6.45) is 1.30. The van der Waals surface area contributed by atoms with Crippen molar-refractivity contribution in [2.24, 2.45) is 0 Å². The van der Waals surface area contributed by atoms with Crippen molar-refractivity contribution in [3.63, 3.8) is 0 Å². The predicted molar refractivity (Wildman–Crippen MR) is 50.2 cm³/mol. The minimum absolute atomic E-state index is 0.0905. The van der Waals surface area contributed by atoms with Crippen LogP contribution in [0.2, 0.25) is 0 Å². The number of nitrogens with zero attached hydrogens (tertiary/aromatic N) is 3. The first-order valence-electron chi connectivity index (χ1n) is 4.19. The zero-order chi connectivity index (χ0) is 10.6. The van der Waals surface area contributed by atoms with Gasteiger partial charge < -0.3 is 26.1 Å². The molecule has 1 heterocycles. The van der Waals surface area contributed by atoms with Gasteiger partial charge in [-0.05, 0) is 0 Å². The van der Waals surface area contributed by atoms with E-state index < -0.39 is 0 Å². The Morgan fingerprint density at radius 2 is 1.93 bits per heavy atom. The molecule has 5 N–H and O–H groups in total. The molecule has 0 saturated heterocycles. The number of aromatic nitrogens is 2. The Morgan fingerprint density at radius 1 is 1.36 bits per heavy atom. The molecule has 14 heavy (non-hydrogen) atoms. The van der Waals surface area contributed by atoms with Gasteiger partial charge in [0.25, 0.3) is 0 Å². The van der Waals surface area contributed by atoms with Crippen molar-refractivity contribution in [3.05, 3.63) is 6.20 Å². The highest BCUT2D eigenvalue weighted by Gasteiger charge is 2.13. The van der Waals surface area contributed by atoms with Gasteiger partial charge >= 0.3 is 0 Å². The molecule has 0 radical (unpaired) electrons. The zero-order valence-corrected chi connectivity index (χ0v) is 7.67. The quantitative estimate of drug-likeness (QED) is 0.432. The molecular weight excluding hydrogens is 188 g/mol. The molecule has 0 aromatic carbocycles. The van der Waals surface area contributed by atoms with Crippen molar-refractivity contribution < 1.29 is 15.4 Å². The largest absolute Gasteiger partial charge is 0.423 e. The van der Waals surface area contributed by atoms with E-state index in [9.17, 15) is 5.21 Å². The summed E-state index contributed by atoms with van der Waals surface area (Å²) in [5, 5.41) is 26.9. The van der Waals surface area contributed by atoms with Crippen LogP contribution in [0.3, 0.4) is 0 Å². The second-order valence-corrected chi connectivity index (χ2v) is 2.73. The Labute approximate surface area is 81.0 Å². The maximum Gasteiger partial charge on any atom is 0.241 e. The second-order valence-electron chi connectivity index (χ2n) is 2.73. The lowest BCUT2D eigenvalue weighted by Gasteiger charge is -2.20. The van der Waals surface area contributed by atoms with Crippen LogP contribution in [0.15, 0.2) is 6.20 Å². The van der Waals surface area contributed by atoms with E-state index >= 15 is 0 Å². The molecule has 7 nitrogen and oxygen atoms in total. The van der Waals surface area contributed by atoms with Crippen LogP contribution in [-0.4, -0.2) is 51.4 Å².